The SMILES string of the molecule is NS(=O)(=O)N1CCCC[C@@H]1C(=O)Nc1ncc(Cc2cccc(F)c2)s1. The van der Waals surface area contributed by atoms with Gasteiger partial charge in [-0.3, -0.25) is 4.79 Å². The van der Waals surface area contributed by atoms with E-state index < -0.39 is 22.2 Å². The van der Waals surface area contributed by atoms with Gasteiger partial charge in [-0.2, -0.15) is 12.7 Å². The number of thiazole rings is 1. The highest BCUT2D eigenvalue weighted by Crippen LogP contribution is 2.24. The molecule has 1 aliphatic heterocycles. The smallest absolute Gasteiger partial charge is 0.277 e. The number of hydrogen-bond acceptors (Lipinski definition) is 5. The number of nitrogens with zero attached hydrogens (tertiary/aromatic N) is 2. The summed E-state index contributed by atoms with van der Waals surface area (Å²) < 4.78 is 37.6. The number of amides is 1. The van der Waals surface area contributed by atoms with Crippen LogP contribution in [0.5, 0.6) is 0 Å². The van der Waals surface area contributed by atoms with Gasteiger partial charge >= 0.3 is 0 Å². The van der Waals surface area contributed by atoms with E-state index in [9.17, 15) is 17.6 Å². The number of carbonyl (C=O) groups is 1. The summed E-state index contributed by atoms with van der Waals surface area (Å²) in [5, 5.41) is 8.25. The first-order valence-corrected chi connectivity index (χ1v) is 10.4. The minimum absolute atomic E-state index is 0.236. The Morgan fingerprint density at radius 3 is 2.96 bits per heavy atom. The van der Waals surface area contributed by atoms with Gasteiger partial charge < -0.3 is 5.32 Å². The summed E-state index contributed by atoms with van der Waals surface area (Å²) in [6.45, 7) is 0.236. The lowest BCUT2D eigenvalue weighted by molar-refractivity contribution is -0.120. The van der Waals surface area contributed by atoms with Crippen LogP contribution in [0.25, 0.3) is 0 Å². The highest BCUT2D eigenvalue weighted by molar-refractivity contribution is 7.86. The Balaban J connectivity index is 1.67. The summed E-state index contributed by atoms with van der Waals surface area (Å²) >= 11 is 1.27. The second-order valence-electron chi connectivity index (χ2n) is 6.09. The molecule has 0 unspecified atom stereocenters. The van der Waals surface area contributed by atoms with Gasteiger partial charge in [-0.05, 0) is 30.5 Å². The van der Waals surface area contributed by atoms with Gasteiger partial charge in [-0.25, -0.2) is 14.5 Å². The molecule has 3 N–H and O–H groups in total. The van der Waals surface area contributed by atoms with Gasteiger partial charge in [0.25, 0.3) is 10.2 Å². The fourth-order valence-corrected chi connectivity index (χ4v) is 4.74. The van der Waals surface area contributed by atoms with E-state index in [-0.39, 0.29) is 12.4 Å². The zero-order valence-corrected chi connectivity index (χ0v) is 15.5. The Bertz CT molecular complexity index is 900. The Hall–Kier alpha value is -1.88. The van der Waals surface area contributed by atoms with Gasteiger partial charge in [0.05, 0.1) is 0 Å². The summed E-state index contributed by atoms with van der Waals surface area (Å²) in [5.74, 6) is -0.744. The highest BCUT2D eigenvalue weighted by Gasteiger charge is 2.35. The van der Waals surface area contributed by atoms with Crippen molar-refractivity contribution in [2.24, 2.45) is 5.14 Å². The number of hydrogen-bond donors (Lipinski definition) is 2. The average molecular weight is 398 g/mol. The molecule has 1 aliphatic rings. The molecular formula is C16H19FN4O3S2. The Morgan fingerprint density at radius 1 is 1.42 bits per heavy atom. The number of rotatable bonds is 5. The molecule has 0 spiro atoms. The first-order valence-electron chi connectivity index (χ1n) is 8.12. The quantitative estimate of drug-likeness (QED) is 0.802. The number of nitrogens with one attached hydrogen (secondary N) is 1. The third-order valence-corrected chi connectivity index (χ3v) is 6.14. The molecule has 7 nitrogen and oxygen atoms in total. The molecule has 0 radical (unpaired) electrons. The summed E-state index contributed by atoms with van der Waals surface area (Å²) in [5.41, 5.74) is 0.805. The number of benzene rings is 1. The maximum Gasteiger partial charge on any atom is 0.277 e. The first-order chi connectivity index (χ1) is 12.3. The van der Waals surface area contributed by atoms with Gasteiger partial charge in [-0.15, -0.1) is 11.3 Å². The summed E-state index contributed by atoms with van der Waals surface area (Å²) in [6.07, 6.45) is 3.97. The molecule has 2 heterocycles. The van der Waals surface area contributed by atoms with Crippen molar-refractivity contribution in [3.8, 4) is 0 Å². The Morgan fingerprint density at radius 2 is 2.23 bits per heavy atom. The van der Waals surface area contributed by atoms with Gasteiger partial charge in [0, 0.05) is 24.0 Å². The van der Waals surface area contributed by atoms with E-state index in [2.05, 4.69) is 10.3 Å². The van der Waals surface area contributed by atoms with Crippen molar-refractivity contribution in [3.63, 3.8) is 0 Å². The fraction of sp³-hybridized carbons (Fsp3) is 0.375. The molecule has 0 aliphatic carbocycles. The van der Waals surface area contributed by atoms with Crippen molar-refractivity contribution in [2.45, 2.75) is 31.7 Å². The predicted molar refractivity (Wildman–Crippen MR) is 97.4 cm³/mol. The van der Waals surface area contributed by atoms with Crippen molar-refractivity contribution >= 4 is 32.6 Å². The van der Waals surface area contributed by atoms with E-state index >= 15 is 0 Å². The van der Waals surface area contributed by atoms with Crippen molar-refractivity contribution in [3.05, 3.63) is 46.7 Å². The normalized spacial score (nSPS) is 18.6. The predicted octanol–water partition coefficient (Wildman–Crippen LogP) is 1.87. The molecule has 26 heavy (non-hydrogen) atoms. The molecule has 0 saturated carbocycles. The van der Waals surface area contributed by atoms with Crippen molar-refractivity contribution in [1.82, 2.24) is 9.29 Å². The van der Waals surface area contributed by atoms with E-state index in [1.807, 2.05) is 6.07 Å². The monoisotopic (exact) mass is 398 g/mol. The number of anilines is 1. The van der Waals surface area contributed by atoms with Crippen LogP contribution in [0.4, 0.5) is 9.52 Å². The number of carbonyl (C=O) groups excluding carboxylic acids is 1. The van der Waals surface area contributed by atoms with Crippen molar-refractivity contribution < 1.29 is 17.6 Å². The van der Waals surface area contributed by atoms with Gasteiger partial charge in [0.2, 0.25) is 5.91 Å². The zero-order chi connectivity index (χ0) is 18.7. The molecule has 3 rings (SSSR count). The molecule has 1 atom stereocenters. The standard InChI is InChI=1S/C16H19FN4O3S2/c17-12-5-3-4-11(8-12)9-13-10-19-16(25-13)20-15(22)14-6-1-2-7-21(14)26(18,23)24/h3-5,8,10,14H,1-2,6-7,9H2,(H2,18,23,24)(H,19,20,22)/t14-/m1/s1. The molecular weight excluding hydrogens is 379 g/mol. The van der Waals surface area contributed by atoms with Crippen LogP contribution in [0.15, 0.2) is 30.5 Å². The van der Waals surface area contributed by atoms with E-state index in [0.29, 0.717) is 24.4 Å². The minimum Gasteiger partial charge on any atom is -0.301 e. The third kappa shape index (κ3) is 4.64. The summed E-state index contributed by atoms with van der Waals surface area (Å²) in [7, 11) is -3.93. The van der Waals surface area contributed by atoms with Crippen LogP contribution in [-0.4, -0.2) is 36.2 Å². The first kappa shape index (κ1) is 18.9. The fourth-order valence-electron chi connectivity index (χ4n) is 2.96. The molecule has 140 valence electrons. The number of piperidine rings is 1. The lowest BCUT2D eigenvalue weighted by Crippen LogP contribution is -2.52. The van der Waals surface area contributed by atoms with Crippen LogP contribution in [-0.2, 0) is 21.4 Å². The van der Waals surface area contributed by atoms with Crippen molar-refractivity contribution in [1.29, 1.82) is 0 Å². The number of halogens is 1. The van der Waals surface area contributed by atoms with Gasteiger partial charge in [0.15, 0.2) is 5.13 Å². The van der Waals surface area contributed by atoms with Crippen LogP contribution in [0.1, 0.15) is 29.7 Å². The Kier molecular flexibility index (Phi) is 5.66. The van der Waals surface area contributed by atoms with Crippen LogP contribution in [0.3, 0.4) is 0 Å². The molecule has 1 amide bonds. The molecule has 2 aromatic rings. The van der Waals surface area contributed by atoms with E-state index in [1.54, 1.807) is 12.3 Å². The van der Waals surface area contributed by atoms with Crippen LogP contribution >= 0.6 is 11.3 Å². The average Bonchev–Trinajstić information content (AvgIpc) is 3.01. The molecule has 1 fully saturated rings. The van der Waals surface area contributed by atoms with Gasteiger partial charge in [-0.1, -0.05) is 18.6 Å². The van der Waals surface area contributed by atoms with E-state index in [0.717, 1.165) is 21.2 Å². The highest BCUT2D eigenvalue weighted by atomic mass is 32.2. The van der Waals surface area contributed by atoms with Crippen molar-refractivity contribution in [2.75, 3.05) is 11.9 Å². The van der Waals surface area contributed by atoms with Gasteiger partial charge in [0.1, 0.15) is 11.9 Å². The molecule has 0 bridgehead atoms. The lowest BCUT2D eigenvalue weighted by atomic mass is 10.0. The maximum absolute atomic E-state index is 13.3. The lowest BCUT2D eigenvalue weighted by Gasteiger charge is -2.31. The van der Waals surface area contributed by atoms with Crippen LogP contribution < -0.4 is 10.5 Å². The summed E-state index contributed by atoms with van der Waals surface area (Å²) in [4.78, 5) is 17.5. The minimum atomic E-state index is -3.93. The molecule has 1 aromatic carbocycles. The summed E-state index contributed by atoms with van der Waals surface area (Å²) in [6, 6.07) is 5.45. The largest absolute Gasteiger partial charge is 0.301 e. The van der Waals surface area contributed by atoms with Crippen LogP contribution in [0.2, 0.25) is 0 Å². The topological polar surface area (TPSA) is 105 Å². The number of aromatic nitrogens is 1. The zero-order valence-electron chi connectivity index (χ0n) is 13.9. The second-order valence-corrected chi connectivity index (χ2v) is 8.71. The third-order valence-electron chi connectivity index (χ3n) is 4.13. The molecule has 1 saturated heterocycles. The molecule has 10 heteroatoms. The Labute approximate surface area is 155 Å². The van der Waals surface area contributed by atoms with E-state index in [1.165, 1.54) is 23.5 Å². The van der Waals surface area contributed by atoms with Crippen LogP contribution in [0, 0.1) is 5.82 Å². The second kappa shape index (κ2) is 7.78. The van der Waals surface area contributed by atoms with E-state index in [4.69, 9.17) is 5.14 Å². The number of nitrogens with two attached hydrogens (primary N) is 1. The maximum atomic E-state index is 13.3. The molecule has 1 aromatic heterocycles.